The van der Waals surface area contributed by atoms with E-state index in [0.29, 0.717) is 21.3 Å². The normalized spacial score (nSPS) is 22.7. The molecule has 1 saturated carbocycles. The van der Waals surface area contributed by atoms with Crippen molar-refractivity contribution in [3.63, 3.8) is 0 Å². The maximum Gasteiger partial charge on any atom is 0.304 e. The maximum atomic E-state index is 14.7. The molecule has 5 rings (SSSR count). The SMILES string of the molecule is C[C@]1(CC(=O)O)C[C@H](c2cccc(Cl)c2)C(c2ccc(Cl)cc2)N([C@H](CN(c2cccc(C#N)c2)S(C)(=O)=O)C2CC2)C1=O. The number of piperidine rings is 1. The highest BCUT2D eigenvalue weighted by molar-refractivity contribution is 7.92. The van der Waals surface area contributed by atoms with Gasteiger partial charge in [-0.2, -0.15) is 5.26 Å². The minimum Gasteiger partial charge on any atom is -0.481 e. The zero-order chi connectivity index (χ0) is 31.8. The first-order valence-electron chi connectivity index (χ1n) is 14.3. The molecule has 1 N–H and O–H groups in total. The number of nitrogens with zero attached hydrogens (tertiary/aromatic N) is 3. The molecule has 3 aromatic rings. The molecule has 44 heavy (non-hydrogen) atoms. The van der Waals surface area contributed by atoms with Crippen molar-refractivity contribution in [3.05, 3.63) is 99.5 Å². The van der Waals surface area contributed by atoms with Crippen molar-refractivity contribution in [2.75, 3.05) is 17.1 Å². The van der Waals surface area contributed by atoms with Gasteiger partial charge in [0.25, 0.3) is 0 Å². The fraction of sp³-hybridized carbons (Fsp3) is 0.364. The third-order valence-electron chi connectivity index (χ3n) is 8.67. The number of likely N-dealkylation sites (tertiary alicyclic amines) is 1. The molecule has 1 unspecified atom stereocenters. The third kappa shape index (κ3) is 6.73. The van der Waals surface area contributed by atoms with Crippen LogP contribution in [0.5, 0.6) is 0 Å². The van der Waals surface area contributed by atoms with Gasteiger partial charge < -0.3 is 10.0 Å². The number of carboxylic acids is 1. The van der Waals surface area contributed by atoms with Gasteiger partial charge in [-0.3, -0.25) is 13.9 Å². The number of aliphatic carboxylic acids is 1. The quantitative estimate of drug-likeness (QED) is 0.262. The van der Waals surface area contributed by atoms with Crippen molar-refractivity contribution in [2.45, 2.75) is 50.6 Å². The van der Waals surface area contributed by atoms with Crippen molar-refractivity contribution >= 4 is 50.8 Å². The zero-order valence-electron chi connectivity index (χ0n) is 24.4. The second-order valence-electron chi connectivity index (χ2n) is 12.1. The molecule has 2 fully saturated rings. The summed E-state index contributed by atoms with van der Waals surface area (Å²) in [6.45, 7) is 1.63. The standard InChI is InChI=1S/C33H33Cl2N3O5S/c1-33(18-30(39)40)17-28(24-6-4-7-26(35)16-24)31(23-11-13-25(34)14-12-23)38(32(33)41)29(22-9-10-22)20-37(44(2,42)43)27-8-3-5-21(15-27)19-36/h3-8,11-16,22,28-29,31H,9-10,17-18,20H2,1-2H3,(H,39,40)/t28-,29-,31?,33-/m1/s1. The number of rotatable bonds is 10. The van der Waals surface area contributed by atoms with Crippen LogP contribution in [-0.2, 0) is 19.6 Å². The molecule has 3 aromatic carbocycles. The first kappa shape index (κ1) is 31.8. The number of hydrogen-bond acceptors (Lipinski definition) is 5. The highest BCUT2D eigenvalue weighted by atomic mass is 35.5. The lowest BCUT2D eigenvalue weighted by atomic mass is 9.67. The van der Waals surface area contributed by atoms with Crippen molar-refractivity contribution < 1.29 is 23.1 Å². The third-order valence-corrected chi connectivity index (χ3v) is 10.3. The molecule has 2 aliphatic rings. The molecule has 1 amide bonds. The van der Waals surface area contributed by atoms with Crippen LogP contribution < -0.4 is 4.31 Å². The Kier molecular flexibility index (Phi) is 8.99. The summed E-state index contributed by atoms with van der Waals surface area (Å²) in [4.78, 5) is 28.6. The second kappa shape index (κ2) is 12.4. The van der Waals surface area contributed by atoms with Crippen LogP contribution in [0.25, 0.3) is 0 Å². The Hall–Kier alpha value is -3.58. The van der Waals surface area contributed by atoms with Crippen LogP contribution in [0.4, 0.5) is 5.69 Å². The Balaban J connectivity index is 1.71. The number of anilines is 1. The van der Waals surface area contributed by atoms with E-state index in [2.05, 4.69) is 6.07 Å². The van der Waals surface area contributed by atoms with Crippen LogP contribution in [0.15, 0.2) is 72.8 Å². The lowest BCUT2D eigenvalue weighted by Gasteiger charge is -2.52. The summed E-state index contributed by atoms with van der Waals surface area (Å²) in [5.74, 6) is -1.80. The molecule has 11 heteroatoms. The van der Waals surface area contributed by atoms with E-state index in [9.17, 15) is 28.4 Å². The van der Waals surface area contributed by atoms with Gasteiger partial charge in [-0.05, 0) is 78.8 Å². The van der Waals surface area contributed by atoms with E-state index in [1.807, 2.05) is 30.3 Å². The van der Waals surface area contributed by atoms with E-state index >= 15 is 0 Å². The smallest absolute Gasteiger partial charge is 0.304 e. The lowest BCUT2D eigenvalue weighted by Crippen LogP contribution is -2.59. The molecule has 1 aliphatic heterocycles. The molecule has 4 atom stereocenters. The van der Waals surface area contributed by atoms with Gasteiger partial charge in [-0.1, -0.05) is 60.5 Å². The fourth-order valence-electron chi connectivity index (χ4n) is 6.52. The van der Waals surface area contributed by atoms with E-state index in [-0.39, 0.29) is 37.1 Å². The van der Waals surface area contributed by atoms with E-state index in [1.54, 1.807) is 48.2 Å². The van der Waals surface area contributed by atoms with Crippen LogP contribution in [0.1, 0.15) is 61.3 Å². The minimum atomic E-state index is -3.85. The number of nitriles is 1. The molecule has 8 nitrogen and oxygen atoms in total. The van der Waals surface area contributed by atoms with Crippen LogP contribution >= 0.6 is 23.2 Å². The Morgan fingerprint density at radius 3 is 2.34 bits per heavy atom. The zero-order valence-corrected chi connectivity index (χ0v) is 26.7. The Morgan fingerprint density at radius 1 is 1.07 bits per heavy atom. The van der Waals surface area contributed by atoms with E-state index < -0.39 is 33.5 Å². The summed E-state index contributed by atoms with van der Waals surface area (Å²) in [5.41, 5.74) is 1.01. The van der Waals surface area contributed by atoms with Crippen molar-refractivity contribution in [1.82, 2.24) is 4.90 Å². The summed E-state index contributed by atoms with van der Waals surface area (Å²) in [7, 11) is -3.85. The number of hydrogen-bond donors (Lipinski definition) is 1. The highest BCUT2D eigenvalue weighted by Gasteiger charge is 2.55. The topological polar surface area (TPSA) is 119 Å². The summed E-state index contributed by atoms with van der Waals surface area (Å²) in [6.07, 6.45) is 2.54. The minimum absolute atomic E-state index is 0.00987. The summed E-state index contributed by atoms with van der Waals surface area (Å²) >= 11 is 12.7. The van der Waals surface area contributed by atoms with Gasteiger partial charge in [0.2, 0.25) is 15.9 Å². The lowest BCUT2D eigenvalue weighted by molar-refractivity contribution is -0.160. The van der Waals surface area contributed by atoms with Gasteiger partial charge in [0, 0.05) is 16.0 Å². The summed E-state index contributed by atoms with van der Waals surface area (Å²) < 4.78 is 27.8. The second-order valence-corrected chi connectivity index (χ2v) is 14.8. The Labute approximate surface area is 267 Å². The molecule has 0 bridgehead atoms. The predicted octanol–water partition coefficient (Wildman–Crippen LogP) is 6.65. The van der Waals surface area contributed by atoms with Crippen molar-refractivity contribution in [3.8, 4) is 6.07 Å². The van der Waals surface area contributed by atoms with E-state index in [0.717, 1.165) is 30.2 Å². The van der Waals surface area contributed by atoms with Gasteiger partial charge >= 0.3 is 5.97 Å². The molecular weight excluding hydrogens is 621 g/mol. The molecule has 1 heterocycles. The van der Waals surface area contributed by atoms with Crippen molar-refractivity contribution in [2.24, 2.45) is 11.3 Å². The van der Waals surface area contributed by atoms with E-state index in [4.69, 9.17) is 23.2 Å². The number of carboxylic acid groups (broad SMARTS) is 1. The fourth-order valence-corrected chi connectivity index (χ4v) is 7.77. The van der Waals surface area contributed by atoms with Crippen molar-refractivity contribution in [1.29, 1.82) is 5.26 Å². The van der Waals surface area contributed by atoms with Crippen LogP contribution in [0, 0.1) is 22.7 Å². The predicted molar refractivity (Wildman–Crippen MR) is 170 cm³/mol. The number of sulfonamides is 1. The van der Waals surface area contributed by atoms with Gasteiger partial charge in [0.05, 0.1) is 54.0 Å². The van der Waals surface area contributed by atoms with Crippen LogP contribution in [0.3, 0.4) is 0 Å². The molecule has 230 valence electrons. The monoisotopic (exact) mass is 653 g/mol. The van der Waals surface area contributed by atoms with Gasteiger partial charge in [-0.15, -0.1) is 0 Å². The molecule has 0 spiro atoms. The van der Waals surface area contributed by atoms with Crippen LogP contribution in [-0.4, -0.2) is 49.1 Å². The Bertz CT molecular complexity index is 1720. The summed E-state index contributed by atoms with van der Waals surface area (Å²) in [5, 5.41) is 20.5. The van der Waals surface area contributed by atoms with E-state index in [1.165, 1.54) is 10.4 Å². The van der Waals surface area contributed by atoms with Gasteiger partial charge in [0.1, 0.15) is 0 Å². The highest BCUT2D eigenvalue weighted by Crippen LogP contribution is 2.54. The summed E-state index contributed by atoms with van der Waals surface area (Å²) in [6, 6.07) is 21.9. The number of carbonyl (C=O) groups is 2. The van der Waals surface area contributed by atoms with Gasteiger partial charge in [0.15, 0.2) is 0 Å². The number of carbonyl (C=O) groups excluding carboxylic acids is 1. The number of benzene rings is 3. The molecule has 0 radical (unpaired) electrons. The maximum absolute atomic E-state index is 14.7. The number of halogens is 2. The first-order chi connectivity index (χ1) is 20.8. The Morgan fingerprint density at radius 2 is 1.75 bits per heavy atom. The van der Waals surface area contributed by atoms with Gasteiger partial charge in [-0.25, -0.2) is 8.42 Å². The largest absolute Gasteiger partial charge is 0.481 e. The molecule has 1 aliphatic carbocycles. The number of amides is 1. The molecule has 1 saturated heterocycles. The average Bonchev–Trinajstić information content (AvgIpc) is 3.80. The first-order valence-corrected chi connectivity index (χ1v) is 16.9. The average molecular weight is 655 g/mol. The molecular formula is C33H33Cl2N3O5S. The van der Waals surface area contributed by atoms with Crippen LogP contribution in [0.2, 0.25) is 10.0 Å². The molecule has 0 aromatic heterocycles.